The lowest BCUT2D eigenvalue weighted by Gasteiger charge is -2.43. The highest BCUT2D eigenvalue weighted by Gasteiger charge is 2.58. The summed E-state index contributed by atoms with van der Waals surface area (Å²) in [5.74, 6) is 0.265. The molecule has 3 nitrogen and oxygen atoms in total. The van der Waals surface area contributed by atoms with Crippen molar-refractivity contribution in [2.24, 2.45) is 0 Å². The van der Waals surface area contributed by atoms with Crippen molar-refractivity contribution in [3.63, 3.8) is 0 Å². The van der Waals surface area contributed by atoms with Crippen LogP contribution in [0, 0.1) is 0 Å². The number of carbonyl (C=O) groups excluding carboxylic acids is 1. The van der Waals surface area contributed by atoms with Gasteiger partial charge in [-0.2, -0.15) is 0 Å². The molecule has 3 heteroatoms. The summed E-state index contributed by atoms with van der Waals surface area (Å²) < 4.78 is 0. The van der Waals surface area contributed by atoms with Crippen LogP contribution in [0.25, 0.3) is 10.8 Å². The highest BCUT2D eigenvalue weighted by Crippen LogP contribution is 2.49. The summed E-state index contributed by atoms with van der Waals surface area (Å²) in [6, 6.07) is 12.9. The minimum absolute atomic E-state index is 0.265. The Bertz CT molecular complexity index is 1030. The van der Waals surface area contributed by atoms with Crippen molar-refractivity contribution in [1.82, 2.24) is 9.80 Å². The summed E-state index contributed by atoms with van der Waals surface area (Å²) in [6.07, 6.45) is 9.91. The zero-order valence-corrected chi connectivity index (χ0v) is 13.2. The van der Waals surface area contributed by atoms with Gasteiger partial charge in [-0.05, 0) is 34.1 Å². The summed E-state index contributed by atoms with van der Waals surface area (Å²) in [6.45, 7) is 0.793. The van der Waals surface area contributed by atoms with Crippen molar-refractivity contribution in [3.8, 4) is 0 Å². The van der Waals surface area contributed by atoms with E-state index in [0.717, 1.165) is 19.4 Å². The predicted molar refractivity (Wildman–Crippen MR) is 92.9 cm³/mol. The van der Waals surface area contributed by atoms with Crippen LogP contribution in [0.1, 0.15) is 11.1 Å². The molecule has 24 heavy (non-hydrogen) atoms. The quantitative estimate of drug-likeness (QED) is 0.698. The molecule has 0 bridgehead atoms. The Labute approximate surface area is 140 Å². The highest BCUT2D eigenvalue weighted by molar-refractivity contribution is 5.97. The van der Waals surface area contributed by atoms with Gasteiger partial charge in [-0.25, -0.2) is 0 Å². The third kappa shape index (κ3) is 1.37. The Morgan fingerprint density at radius 2 is 1.92 bits per heavy atom. The van der Waals surface area contributed by atoms with E-state index >= 15 is 0 Å². The van der Waals surface area contributed by atoms with Crippen molar-refractivity contribution in [2.75, 3.05) is 6.54 Å². The van der Waals surface area contributed by atoms with Crippen LogP contribution < -0.4 is 0 Å². The molecule has 3 aliphatic heterocycles. The summed E-state index contributed by atoms with van der Waals surface area (Å²) in [5.41, 5.74) is 4.55. The fourth-order valence-corrected chi connectivity index (χ4v) is 4.68. The summed E-state index contributed by atoms with van der Waals surface area (Å²) in [5, 5.41) is 2.55. The molecule has 2 aromatic rings. The van der Waals surface area contributed by atoms with Gasteiger partial charge in [-0.15, -0.1) is 0 Å². The molecule has 1 aliphatic carbocycles. The average Bonchev–Trinajstić information content (AvgIpc) is 3.33. The van der Waals surface area contributed by atoms with E-state index in [-0.39, 0.29) is 5.91 Å². The van der Waals surface area contributed by atoms with E-state index in [1.165, 1.54) is 33.3 Å². The van der Waals surface area contributed by atoms with Crippen LogP contribution in [0.2, 0.25) is 0 Å². The van der Waals surface area contributed by atoms with Crippen molar-refractivity contribution >= 4 is 16.7 Å². The molecule has 4 aliphatic rings. The molecule has 0 aromatic heterocycles. The second-order valence-electron chi connectivity index (χ2n) is 7.10. The van der Waals surface area contributed by atoms with Crippen LogP contribution in [0.5, 0.6) is 0 Å². The van der Waals surface area contributed by atoms with E-state index in [1.807, 2.05) is 11.0 Å². The second kappa shape index (κ2) is 3.99. The summed E-state index contributed by atoms with van der Waals surface area (Å²) in [4.78, 5) is 17.4. The van der Waals surface area contributed by atoms with Gasteiger partial charge in [0.1, 0.15) is 5.54 Å². The lowest BCUT2D eigenvalue weighted by molar-refractivity contribution is -0.136. The lowest BCUT2D eigenvalue weighted by atomic mass is 9.89. The number of allylic oxidation sites excluding steroid dienone is 3. The number of carbonyl (C=O) groups is 1. The molecule has 1 saturated heterocycles. The molecule has 3 heterocycles. The molecule has 0 radical (unpaired) electrons. The lowest BCUT2D eigenvalue weighted by Crippen LogP contribution is -2.57. The Balaban J connectivity index is 1.56. The normalized spacial score (nSPS) is 26.2. The molecule has 1 amide bonds. The smallest absolute Gasteiger partial charge is 0.254 e. The number of nitrogens with zero attached hydrogens (tertiary/aromatic N) is 2. The molecule has 116 valence electrons. The molecule has 0 saturated carbocycles. The van der Waals surface area contributed by atoms with Crippen molar-refractivity contribution in [3.05, 3.63) is 83.3 Å². The van der Waals surface area contributed by atoms with Crippen LogP contribution in [0.15, 0.2) is 72.2 Å². The maximum absolute atomic E-state index is 13.2. The van der Waals surface area contributed by atoms with Crippen molar-refractivity contribution in [2.45, 2.75) is 18.4 Å². The van der Waals surface area contributed by atoms with Gasteiger partial charge in [0, 0.05) is 19.0 Å². The number of hydrogen-bond donors (Lipinski definition) is 0. The van der Waals surface area contributed by atoms with Crippen LogP contribution in [0.3, 0.4) is 0 Å². The average molecular weight is 312 g/mol. The van der Waals surface area contributed by atoms with E-state index in [1.54, 1.807) is 0 Å². The number of hydrogen-bond acceptors (Lipinski definition) is 2. The minimum Gasteiger partial charge on any atom is -0.331 e. The third-order valence-corrected chi connectivity index (χ3v) is 5.88. The van der Waals surface area contributed by atoms with Gasteiger partial charge in [0.25, 0.3) is 5.91 Å². The van der Waals surface area contributed by atoms with Gasteiger partial charge in [0.15, 0.2) is 0 Å². The maximum atomic E-state index is 13.2. The monoisotopic (exact) mass is 312 g/mol. The topological polar surface area (TPSA) is 23.3 Å². The first-order valence-electron chi connectivity index (χ1n) is 8.47. The zero-order valence-electron chi connectivity index (χ0n) is 13.2. The van der Waals surface area contributed by atoms with E-state index in [4.69, 9.17) is 0 Å². The molecular formula is C21H16N2O. The van der Waals surface area contributed by atoms with Gasteiger partial charge in [-0.3, -0.25) is 4.79 Å². The fraction of sp³-hybridized carbons (Fsp3) is 0.190. The van der Waals surface area contributed by atoms with Crippen molar-refractivity contribution < 1.29 is 4.79 Å². The number of benzene rings is 2. The molecule has 0 N–H and O–H groups in total. The SMILES string of the molecule is O=C1N2CC2=C2C=CC=CN2C12Cc1ccc3ccccc3c1C2. The Morgan fingerprint density at radius 1 is 1.00 bits per heavy atom. The molecule has 1 atom stereocenters. The van der Waals surface area contributed by atoms with Gasteiger partial charge >= 0.3 is 0 Å². The summed E-state index contributed by atoms with van der Waals surface area (Å²) >= 11 is 0. The maximum Gasteiger partial charge on any atom is 0.254 e. The van der Waals surface area contributed by atoms with Gasteiger partial charge in [0.05, 0.1) is 17.9 Å². The van der Waals surface area contributed by atoms with Gasteiger partial charge in [0.2, 0.25) is 0 Å². The van der Waals surface area contributed by atoms with Crippen molar-refractivity contribution in [1.29, 1.82) is 0 Å². The van der Waals surface area contributed by atoms with Crippen LogP contribution in [-0.4, -0.2) is 27.8 Å². The Hall–Kier alpha value is -2.81. The number of amides is 1. The van der Waals surface area contributed by atoms with Gasteiger partial charge in [-0.1, -0.05) is 42.5 Å². The molecular weight excluding hydrogens is 296 g/mol. The molecule has 1 unspecified atom stereocenters. The van der Waals surface area contributed by atoms with E-state index < -0.39 is 5.54 Å². The number of fused-ring (bicyclic) bond motifs is 6. The minimum atomic E-state index is -0.483. The second-order valence-corrected chi connectivity index (χ2v) is 7.10. The highest BCUT2D eigenvalue weighted by atomic mass is 16.2. The standard InChI is InChI=1S/C21H16N2O/c24-20-21(23-10-4-3-7-18(23)19-13-22(19)20)11-15-9-8-14-5-1-2-6-16(14)17(15)12-21/h1-10H,11-13H2. The van der Waals surface area contributed by atoms with Crippen LogP contribution in [-0.2, 0) is 17.6 Å². The Kier molecular flexibility index (Phi) is 2.09. The molecule has 6 rings (SSSR count). The summed E-state index contributed by atoms with van der Waals surface area (Å²) in [7, 11) is 0. The largest absolute Gasteiger partial charge is 0.331 e. The molecule has 1 fully saturated rings. The first-order chi connectivity index (χ1) is 11.8. The fourth-order valence-electron chi connectivity index (χ4n) is 4.68. The first-order valence-corrected chi connectivity index (χ1v) is 8.47. The van der Waals surface area contributed by atoms with E-state index in [0.29, 0.717) is 0 Å². The number of rotatable bonds is 0. The van der Waals surface area contributed by atoms with Gasteiger partial charge < -0.3 is 9.80 Å². The molecule has 1 spiro atoms. The van der Waals surface area contributed by atoms with E-state index in [2.05, 4.69) is 59.7 Å². The zero-order chi connectivity index (χ0) is 15.9. The van der Waals surface area contributed by atoms with Crippen LogP contribution >= 0.6 is 0 Å². The predicted octanol–water partition coefficient (Wildman–Crippen LogP) is 3.13. The first kappa shape index (κ1) is 12.6. The third-order valence-electron chi connectivity index (χ3n) is 5.88. The van der Waals surface area contributed by atoms with E-state index in [9.17, 15) is 4.79 Å². The molecule has 2 aromatic carbocycles. The Morgan fingerprint density at radius 3 is 2.88 bits per heavy atom. The van der Waals surface area contributed by atoms with Crippen LogP contribution in [0.4, 0.5) is 0 Å².